The Labute approximate surface area is 115 Å². The summed E-state index contributed by atoms with van der Waals surface area (Å²) in [6.07, 6.45) is 0.939. The molecule has 2 atom stereocenters. The second kappa shape index (κ2) is 5.51. The van der Waals surface area contributed by atoms with E-state index in [-0.39, 0.29) is 0 Å². The van der Waals surface area contributed by atoms with E-state index in [0.29, 0.717) is 29.8 Å². The van der Waals surface area contributed by atoms with Gasteiger partial charge in [0.05, 0.1) is 4.90 Å². The first-order valence-corrected chi connectivity index (χ1v) is 8.17. The molecule has 1 aromatic rings. The summed E-state index contributed by atoms with van der Waals surface area (Å²) in [6.45, 7) is 5.56. The van der Waals surface area contributed by atoms with Gasteiger partial charge in [-0.3, -0.25) is 0 Å². The molecule has 0 saturated carbocycles. The first-order chi connectivity index (χ1) is 8.95. The fourth-order valence-electron chi connectivity index (χ4n) is 2.39. The van der Waals surface area contributed by atoms with Crippen molar-refractivity contribution in [1.82, 2.24) is 4.31 Å². The lowest BCUT2D eigenvalue weighted by Crippen LogP contribution is -2.42. The van der Waals surface area contributed by atoms with E-state index in [2.05, 4.69) is 19.2 Å². The number of piperidine rings is 1. The van der Waals surface area contributed by atoms with Crippen LogP contribution in [0.3, 0.4) is 0 Å². The second-order valence-electron chi connectivity index (χ2n) is 5.38. The molecule has 1 N–H and O–H groups in total. The van der Waals surface area contributed by atoms with Crippen molar-refractivity contribution in [1.29, 1.82) is 0 Å². The monoisotopic (exact) mass is 282 g/mol. The molecule has 0 aliphatic carbocycles. The third kappa shape index (κ3) is 2.92. The number of sulfonamides is 1. The molecular formula is C14H22N2O2S. The Hall–Kier alpha value is -1.07. The summed E-state index contributed by atoms with van der Waals surface area (Å²) in [5, 5.41) is 2.99. The minimum Gasteiger partial charge on any atom is -0.388 e. The van der Waals surface area contributed by atoms with Gasteiger partial charge >= 0.3 is 0 Å². The fourth-order valence-corrected chi connectivity index (χ4v) is 3.94. The smallest absolute Gasteiger partial charge is 0.243 e. The molecule has 0 aromatic heterocycles. The lowest BCUT2D eigenvalue weighted by molar-refractivity contribution is 0.212. The highest BCUT2D eigenvalue weighted by molar-refractivity contribution is 7.89. The van der Waals surface area contributed by atoms with E-state index in [1.165, 1.54) is 0 Å². The molecule has 1 fully saturated rings. The Balaban J connectivity index is 2.21. The Kier molecular flexibility index (Phi) is 4.16. The molecule has 106 valence electrons. The number of benzene rings is 1. The first-order valence-electron chi connectivity index (χ1n) is 6.73. The van der Waals surface area contributed by atoms with Gasteiger partial charge in [0.25, 0.3) is 0 Å². The predicted octanol–water partition coefficient (Wildman–Crippen LogP) is 2.39. The van der Waals surface area contributed by atoms with Gasteiger partial charge in [-0.2, -0.15) is 4.31 Å². The number of nitrogens with zero attached hydrogens (tertiary/aromatic N) is 1. The zero-order chi connectivity index (χ0) is 14.0. The maximum absolute atomic E-state index is 12.5. The molecule has 2 rings (SSSR count). The van der Waals surface area contributed by atoms with Gasteiger partial charge in [-0.1, -0.05) is 13.8 Å². The molecule has 0 bridgehead atoms. The van der Waals surface area contributed by atoms with Crippen LogP contribution in [0.5, 0.6) is 0 Å². The lowest BCUT2D eigenvalue weighted by Gasteiger charge is -2.34. The molecule has 2 unspecified atom stereocenters. The van der Waals surface area contributed by atoms with Crippen molar-refractivity contribution < 1.29 is 8.42 Å². The number of rotatable bonds is 3. The molecule has 1 aliphatic rings. The maximum atomic E-state index is 12.5. The quantitative estimate of drug-likeness (QED) is 0.926. The Morgan fingerprint density at radius 2 is 1.79 bits per heavy atom. The van der Waals surface area contributed by atoms with Gasteiger partial charge in [0, 0.05) is 25.8 Å². The van der Waals surface area contributed by atoms with Crippen molar-refractivity contribution >= 4 is 15.7 Å². The van der Waals surface area contributed by atoms with Gasteiger partial charge in [-0.25, -0.2) is 8.42 Å². The molecule has 1 saturated heterocycles. The van der Waals surface area contributed by atoms with Crippen LogP contribution in [0.15, 0.2) is 29.2 Å². The van der Waals surface area contributed by atoms with Crippen LogP contribution in [0.1, 0.15) is 20.3 Å². The third-order valence-corrected chi connectivity index (χ3v) is 5.96. The summed E-state index contributed by atoms with van der Waals surface area (Å²) in [6, 6.07) is 6.93. The fraction of sp³-hybridized carbons (Fsp3) is 0.571. The van der Waals surface area contributed by atoms with E-state index in [9.17, 15) is 8.42 Å². The van der Waals surface area contributed by atoms with E-state index in [4.69, 9.17) is 0 Å². The van der Waals surface area contributed by atoms with Crippen molar-refractivity contribution in [3.8, 4) is 0 Å². The van der Waals surface area contributed by atoms with Crippen molar-refractivity contribution in [2.24, 2.45) is 11.8 Å². The maximum Gasteiger partial charge on any atom is 0.243 e. The highest BCUT2D eigenvalue weighted by Gasteiger charge is 2.31. The summed E-state index contributed by atoms with van der Waals surface area (Å²) in [4.78, 5) is 0.383. The summed E-state index contributed by atoms with van der Waals surface area (Å²) in [5.74, 6) is 1.01. The number of hydrogen-bond donors (Lipinski definition) is 1. The first kappa shape index (κ1) is 14.3. The van der Waals surface area contributed by atoms with Gasteiger partial charge in [0.1, 0.15) is 0 Å². The highest BCUT2D eigenvalue weighted by Crippen LogP contribution is 2.27. The molecule has 5 heteroatoms. The second-order valence-corrected chi connectivity index (χ2v) is 7.32. The Bertz CT molecular complexity index is 525. The molecule has 0 radical (unpaired) electrons. The van der Waals surface area contributed by atoms with E-state index in [0.717, 1.165) is 12.1 Å². The van der Waals surface area contributed by atoms with Crippen LogP contribution < -0.4 is 5.32 Å². The van der Waals surface area contributed by atoms with Crippen molar-refractivity contribution in [2.45, 2.75) is 25.2 Å². The highest BCUT2D eigenvalue weighted by atomic mass is 32.2. The largest absolute Gasteiger partial charge is 0.388 e. The molecule has 1 aromatic carbocycles. The van der Waals surface area contributed by atoms with Crippen LogP contribution in [0.25, 0.3) is 0 Å². The molecule has 1 heterocycles. The SMILES string of the molecule is CNc1ccc(S(=O)(=O)N2CCC(C)C(C)C2)cc1. The minimum atomic E-state index is -3.34. The Morgan fingerprint density at radius 1 is 1.16 bits per heavy atom. The molecule has 4 nitrogen and oxygen atoms in total. The van der Waals surface area contributed by atoms with Crippen LogP contribution in [0.4, 0.5) is 5.69 Å². The van der Waals surface area contributed by atoms with Gasteiger partial charge in [-0.05, 0) is 42.5 Å². The molecule has 1 aliphatic heterocycles. The number of nitrogens with one attached hydrogen (secondary N) is 1. The third-order valence-electron chi connectivity index (χ3n) is 4.08. The summed E-state index contributed by atoms with van der Waals surface area (Å²) < 4.78 is 26.7. The molecule has 0 spiro atoms. The van der Waals surface area contributed by atoms with E-state index < -0.39 is 10.0 Å². The van der Waals surface area contributed by atoms with Crippen LogP contribution in [0.2, 0.25) is 0 Å². The van der Waals surface area contributed by atoms with Gasteiger partial charge in [0.2, 0.25) is 10.0 Å². The average Bonchev–Trinajstić information content (AvgIpc) is 2.41. The Morgan fingerprint density at radius 3 is 2.32 bits per heavy atom. The van der Waals surface area contributed by atoms with Crippen molar-refractivity contribution in [3.63, 3.8) is 0 Å². The normalized spacial score (nSPS) is 25.2. The molecular weight excluding hydrogens is 260 g/mol. The minimum absolute atomic E-state index is 0.383. The van der Waals surface area contributed by atoms with Crippen LogP contribution in [0, 0.1) is 11.8 Å². The van der Waals surface area contributed by atoms with Crippen LogP contribution in [-0.2, 0) is 10.0 Å². The lowest BCUT2D eigenvalue weighted by atomic mass is 9.90. The van der Waals surface area contributed by atoms with Crippen molar-refractivity contribution in [3.05, 3.63) is 24.3 Å². The number of hydrogen-bond acceptors (Lipinski definition) is 3. The summed E-state index contributed by atoms with van der Waals surface area (Å²) >= 11 is 0. The number of anilines is 1. The predicted molar refractivity (Wildman–Crippen MR) is 77.7 cm³/mol. The zero-order valence-corrected chi connectivity index (χ0v) is 12.6. The van der Waals surface area contributed by atoms with Crippen LogP contribution >= 0.6 is 0 Å². The van der Waals surface area contributed by atoms with Gasteiger partial charge in [-0.15, -0.1) is 0 Å². The van der Waals surface area contributed by atoms with Gasteiger partial charge in [0.15, 0.2) is 0 Å². The standard InChI is InChI=1S/C14H22N2O2S/c1-11-8-9-16(10-12(11)2)19(17,18)14-6-4-13(15-3)5-7-14/h4-7,11-12,15H,8-10H2,1-3H3. The van der Waals surface area contributed by atoms with E-state index in [1.54, 1.807) is 28.6 Å². The van der Waals surface area contributed by atoms with Crippen LogP contribution in [-0.4, -0.2) is 32.9 Å². The van der Waals surface area contributed by atoms with Gasteiger partial charge < -0.3 is 5.32 Å². The van der Waals surface area contributed by atoms with E-state index >= 15 is 0 Å². The topological polar surface area (TPSA) is 49.4 Å². The summed E-state index contributed by atoms with van der Waals surface area (Å²) in [5.41, 5.74) is 0.916. The molecule has 19 heavy (non-hydrogen) atoms. The van der Waals surface area contributed by atoms with E-state index in [1.807, 2.05) is 7.05 Å². The zero-order valence-electron chi connectivity index (χ0n) is 11.8. The van der Waals surface area contributed by atoms with Crippen molar-refractivity contribution in [2.75, 3.05) is 25.5 Å². The summed E-state index contributed by atoms with van der Waals surface area (Å²) in [7, 11) is -1.52. The average molecular weight is 282 g/mol. The molecule has 0 amide bonds.